The molecule has 1 saturated heterocycles. The molecule has 0 aromatic rings. The molecule has 2 fully saturated rings. The topological polar surface area (TPSA) is 20.3 Å². The number of carbonyl (C=O) groups excluding carboxylic acids is 1. The molecule has 1 heterocycles. The number of nitrogens with zero attached hydrogens (tertiary/aromatic N) is 1. The standard InChI is InChI=1S/C13H23NO/c1-10(2)13(15)12(11-6-7-11)14-8-4-3-5-9-14/h10-12H,3-9H2,1-2H3. The minimum atomic E-state index is 0.206. The fraction of sp³-hybridized carbons (Fsp3) is 0.923. The van der Waals surface area contributed by atoms with Crippen molar-refractivity contribution in [3.63, 3.8) is 0 Å². The summed E-state index contributed by atoms with van der Waals surface area (Å²) in [5.74, 6) is 1.38. The number of ketones is 1. The van der Waals surface area contributed by atoms with Crippen molar-refractivity contribution in [2.24, 2.45) is 11.8 Å². The molecule has 0 aromatic heterocycles. The predicted octanol–water partition coefficient (Wildman–Crippen LogP) is 2.48. The largest absolute Gasteiger partial charge is 0.298 e. The van der Waals surface area contributed by atoms with Crippen molar-refractivity contribution in [1.82, 2.24) is 4.90 Å². The Morgan fingerprint density at radius 1 is 1.13 bits per heavy atom. The summed E-state index contributed by atoms with van der Waals surface area (Å²) in [5, 5.41) is 0. The molecule has 0 spiro atoms. The van der Waals surface area contributed by atoms with Gasteiger partial charge in [-0.25, -0.2) is 0 Å². The Kier molecular flexibility index (Phi) is 3.45. The predicted molar refractivity (Wildman–Crippen MR) is 61.8 cm³/mol. The van der Waals surface area contributed by atoms with Crippen molar-refractivity contribution >= 4 is 5.78 Å². The molecule has 1 atom stereocenters. The van der Waals surface area contributed by atoms with E-state index in [-0.39, 0.29) is 12.0 Å². The summed E-state index contributed by atoms with van der Waals surface area (Å²) in [6, 6.07) is 0.269. The first-order valence-corrected chi connectivity index (χ1v) is 6.48. The van der Waals surface area contributed by atoms with Crippen molar-refractivity contribution in [1.29, 1.82) is 0 Å². The Balaban J connectivity index is 2.01. The van der Waals surface area contributed by atoms with Gasteiger partial charge in [0.2, 0.25) is 0 Å². The zero-order valence-corrected chi connectivity index (χ0v) is 10.0. The Hall–Kier alpha value is -0.370. The summed E-state index contributed by atoms with van der Waals surface area (Å²) in [7, 11) is 0. The van der Waals surface area contributed by atoms with Crippen LogP contribution in [-0.2, 0) is 4.79 Å². The summed E-state index contributed by atoms with van der Waals surface area (Å²) in [6.45, 7) is 6.39. The molecule has 2 heteroatoms. The van der Waals surface area contributed by atoms with E-state index in [0.29, 0.717) is 11.7 Å². The van der Waals surface area contributed by atoms with Gasteiger partial charge in [-0.1, -0.05) is 20.3 Å². The third kappa shape index (κ3) is 2.60. The van der Waals surface area contributed by atoms with Crippen LogP contribution in [0.1, 0.15) is 46.0 Å². The lowest BCUT2D eigenvalue weighted by atomic mass is 9.95. The molecule has 0 bridgehead atoms. The average molecular weight is 209 g/mol. The highest BCUT2D eigenvalue weighted by Gasteiger charge is 2.40. The molecule has 2 nitrogen and oxygen atoms in total. The van der Waals surface area contributed by atoms with Crippen LogP contribution >= 0.6 is 0 Å². The van der Waals surface area contributed by atoms with Gasteiger partial charge in [0.25, 0.3) is 0 Å². The van der Waals surface area contributed by atoms with Gasteiger partial charge in [-0.15, -0.1) is 0 Å². The first kappa shape index (κ1) is 11.1. The van der Waals surface area contributed by atoms with Crippen LogP contribution in [0.25, 0.3) is 0 Å². The van der Waals surface area contributed by atoms with E-state index < -0.39 is 0 Å². The lowest BCUT2D eigenvalue weighted by Crippen LogP contribution is -2.46. The maximum atomic E-state index is 12.2. The average Bonchev–Trinajstić information content (AvgIpc) is 3.04. The van der Waals surface area contributed by atoms with Gasteiger partial charge in [-0.3, -0.25) is 9.69 Å². The molecule has 1 saturated carbocycles. The molecule has 0 radical (unpaired) electrons. The Morgan fingerprint density at radius 3 is 2.20 bits per heavy atom. The Labute approximate surface area is 93.0 Å². The first-order chi connectivity index (χ1) is 7.20. The van der Waals surface area contributed by atoms with Gasteiger partial charge >= 0.3 is 0 Å². The van der Waals surface area contributed by atoms with Crippen LogP contribution in [0, 0.1) is 11.8 Å². The third-order valence-electron chi connectivity index (χ3n) is 3.71. The molecule has 0 N–H and O–H groups in total. The van der Waals surface area contributed by atoms with E-state index in [1.54, 1.807) is 0 Å². The van der Waals surface area contributed by atoms with E-state index in [1.165, 1.54) is 32.1 Å². The minimum Gasteiger partial charge on any atom is -0.298 e. The fourth-order valence-corrected chi connectivity index (χ4v) is 2.66. The molecule has 86 valence electrons. The molecule has 0 aromatic carbocycles. The molecular formula is C13H23NO. The van der Waals surface area contributed by atoms with Gasteiger partial charge in [0.15, 0.2) is 5.78 Å². The van der Waals surface area contributed by atoms with Gasteiger partial charge in [-0.05, 0) is 44.7 Å². The number of rotatable bonds is 4. The van der Waals surface area contributed by atoms with Crippen molar-refractivity contribution in [2.45, 2.75) is 52.0 Å². The highest BCUT2D eigenvalue weighted by molar-refractivity contribution is 5.86. The second-order valence-corrected chi connectivity index (χ2v) is 5.44. The number of hydrogen-bond acceptors (Lipinski definition) is 2. The van der Waals surface area contributed by atoms with Crippen molar-refractivity contribution < 1.29 is 4.79 Å². The maximum Gasteiger partial charge on any atom is 0.152 e. The first-order valence-electron chi connectivity index (χ1n) is 6.48. The molecule has 1 aliphatic carbocycles. The summed E-state index contributed by atoms with van der Waals surface area (Å²) in [5.41, 5.74) is 0. The van der Waals surface area contributed by atoms with Crippen LogP contribution in [-0.4, -0.2) is 29.8 Å². The van der Waals surface area contributed by atoms with Crippen LogP contribution < -0.4 is 0 Å². The summed E-state index contributed by atoms with van der Waals surface area (Å²) in [4.78, 5) is 14.6. The van der Waals surface area contributed by atoms with E-state index >= 15 is 0 Å². The number of hydrogen-bond donors (Lipinski definition) is 0. The maximum absolute atomic E-state index is 12.2. The highest BCUT2D eigenvalue weighted by Crippen LogP contribution is 2.37. The van der Waals surface area contributed by atoms with Gasteiger partial charge in [0, 0.05) is 5.92 Å². The quantitative estimate of drug-likeness (QED) is 0.709. The van der Waals surface area contributed by atoms with Crippen LogP contribution in [0.4, 0.5) is 0 Å². The SMILES string of the molecule is CC(C)C(=O)C(C1CC1)N1CCCCC1. The smallest absolute Gasteiger partial charge is 0.152 e. The number of likely N-dealkylation sites (tertiary alicyclic amines) is 1. The summed E-state index contributed by atoms with van der Waals surface area (Å²) < 4.78 is 0. The number of Topliss-reactive ketones (excluding diaryl/α,β-unsaturated/α-hetero) is 1. The van der Waals surface area contributed by atoms with Crippen molar-refractivity contribution in [3.8, 4) is 0 Å². The molecule has 1 unspecified atom stereocenters. The van der Waals surface area contributed by atoms with Crippen LogP contribution in [0.5, 0.6) is 0 Å². The number of piperidine rings is 1. The summed E-state index contributed by atoms with van der Waals surface area (Å²) in [6.07, 6.45) is 6.48. The molecule has 2 aliphatic rings. The van der Waals surface area contributed by atoms with E-state index in [0.717, 1.165) is 13.1 Å². The summed E-state index contributed by atoms with van der Waals surface area (Å²) >= 11 is 0. The van der Waals surface area contributed by atoms with E-state index in [2.05, 4.69) is 4.90 Å². The van der Waals surface area contributed by atoms with E-state index in [1.807, 2.05) is 13.8 Å². The molecular weight excluding hydrogens is 186 g/mol. The Bertz CT molecular complexity index is 227. The van der Waals surface area contributed by atoms with Crippen molar-refractivity contribution in [3.05, 3.63) is 0 Å². The fourth-order valence-electron chi connectivity index (χ4n) is 2.66. The molecule has 15 heavy (non-hydrogen) atoms. The van der Waals surface area contributed by atoms with E-state index in [4.69, 9.17) is 0 Å². The Morgan fingerprint density at radius 2 is 1.73 bits per heavy atom. The van der Waals surface area contributed by atoms with Crippen LogP contribution in [0.3, 0.4) is 0 Å². The lowest BCUT2D eigenvalue weighted by molar-refractivity contribution is -0.128. The monoisotopic (exact) mass is 209 g/mol. The third-order valence-corrected chi connectivity index (χ3v) is 3.71. The van der Waals surface area contributed by atoms with Crippen LogP contribution in [0.2, 0.25) is 0 Å². The second kappa shape index (κ2) is 4.65. The van der Waals surface area contributed by atoms with E-state index in [9.17, 15) is 4.79 Å². The van der Waals surface area contributed by atoms with Gasteiger partial charge < -0.3 is 0 Å². The van der Waals surface area contributed by atoms with Gasteiger partial charge in [0.05, 0.1) is 6.04 Å². The molecule has 1 aliphatic heterocycles. The lowest BCUT2D eigenvalue weighted by Gasteiger charge is -2.34. The van der Waals surface area contributed by atoms with Crippen molar-refractivity contribution in [2.75, 3.05) is 13.1 Å². The zero-order chi connectivity index (χ0) is 10.8. The minimum absolute atomic E-state index is 0.206. The van der Waals surface area contributed by atoms with Gasteiger partial charge in [0.1, 0.15) is 0 Å². The highest BCUT2D eigenvalue weighted by atomic mass is 16.1. The molecule has 0 amide bonds. The van der Waals surface area contributed by atoms with Crippen LogP contribution in [0.15, 0.2) is 0 Å². The normalized spacial score (nSPS) is 25.5. The van der Waals surface area contributed by atoms with Gasteiger partial charge in [-0.2, -0.15) is 0 Å². The second-order valence-electron chi connectivity index (χ2n) is 5.44. The number of carbonyl (C=O) groups is 1. The molecule has 2 rings (SSSR count). The zero-order valence-electron chi connectivity index (χ0n) is 10.0.